The van der Waals surface area contributed by atoms with Crippen molar-refractivity contribution in [3.8, 4) is 17.3 Å². The minimum absolute atomic E-state index is 0.0144. The Kier molecular flexibility index (Phi) is 6.47. The van der Waals surface area contributed by atoms with Gasteiger partial charge in [-0.3, -0.25) is 15.1 Å². The van der Waals surface area contributed by atoms with E-state index in [1.807, 2.05) is 0 Å². The number of nitrogens with zero attached hydrogens (tertiary/aromatic N) is 6. The highest BCUT2D eigenvalue weighted by molar-refractivity contribution is 6.04. The van der Waals surface area contributed by atoms with Crippen molar-refractivity contribution in [1.82, 2.24) is 20.0 Å². The monoisotopic (exact) mass is 557 g/mol. The van der Waals surface area contributed by atoms with Crippen LogP contribution in [0.1, 0.15) is 25.8 Å². The molecule has 3 aliphatic rings. The number of aromatic nitrogens is 3. The van der Waals surface area contributed by atoms with Crippen molar-refractivity contribution in [1.29, 1.82) is 0 Å². The summed E-state index contributed by atoms with van der Waals surface area (Å²) in [5, 5.41) is 4.26. The molecule has 11 nitrogen and oxygen atoms in total. The molecule has 3 aliphatic heterocycles. The Labute approximate surface area is 227 Å². The lowest BCUT2D eigenvalue weighted by molar-refractivity contribution is -0.231. The molecule has 6 rings (SSSR count). The quantitative estimate of drug-likeness (QED) is 0.486. The van der Waals surface area contributed by atoms with Gasteiger partial charge in [-0.1, -0.05) is 12.1 Å². The molecule has 3 aromatic rings. The zero-order valence-electron chi connectivity index (χ0n) is 21.7. The number of benzene rings is 1. The van der Waals surface area contributed by atoms with Crippen LogP contribution in [0.15, 0.2) is 48.7 Å². The van der Waals surface area contributed by atoms with Gasteiger partial charge in [-0.2, -0.15) is 18.2 Å². The average molecular weight is 558 g/mol. The Balaban J connectivity index is 1.22. The van der Waals surface area contributed by atoms with Crippen LogP contribution in [-0.4, -0.2) is 64.4 Å². The summed E-state index contributed by atoms with van der Waals surface area (Å²) in [6.45, 7) is 5.14. The van der Waals surface area contributed by atoms with Crippen LogP contribution >= 0.6 is 0 Å². The van der Waals surface area contributed by atoms with E-state index in [0.717, 1.165) is 30.8 Å². The molecule has 0 aliphatic carbocycles. The third-order valence-corrected chi connectivity index (χ3v) is 6.77. The Bertz CT molecular complexity index is 1440. The van der Waals surface area contributed by atoms with Gasteiger partial charge in [0.15, 0.2) is 18.3 Å². The van der Waals surface area contributed by atoms with Gasteiger partial charge in [0, 0.05) is 24.8 Å². The van der Waals surface area contributed by atoms with Crippen LogP contribution in [0.25, 0.3) is 11.3 Å². The number of halogens is 3. The lowest BCUT2D eigenvalue weighted by Gasteiger charge is -2.35. The van der Waals surface area contributed by atoms with Gasteiger partial charge in [0.05, 0.1) is 23.0 Å². The molecular weight excluding hydrogens is 531 g/mol. The summed E-state index contributed by atoms with van der Waals surface area (Å²) in [5.74, 6) is -0.166. The van der Waals surface area contributed by atoms with E-state index in [0.29, 0.717) is 23.6 Å². The first kappa shape index (κ1) is 26.2. The zero-order valence-corrected chi connectivity index (χ0v) is 21.7. The second-order valence-corrected chi connectivity index (χ2v) is 10.1. The van der Waals surface area contributed by atoms with Crippen molar-refractivity contribution in [2.45, 2.75) is 38.3 Å². The van der Waals surface area contributed by atoms with Crippen molar-refractivity contribution in [3.63, 3.8) is 0 Å². The second-order valence-electron chi connectivity index (χ2n) is 10.1. The Morgan fingerprint density at radius 2 is 2.05 bits per heavy atom. The van der Waals surface area contributed by atoms with Gasteiger partial charge >= 0.3 is 18.2 Å². The number of pyridine rings is 1. The lowest BCUT2D eigenvalue weighted by atomic mass is 10.1. The molecule has 0 saturated carbocycles. The number of rotatable bonds is 5. The number of urea groups is 1. The van der Waals surface area contributed by atoms with Gasteiger partial charge in [-0.05, 0) is 50.6 Å². The highest BCUT2D eigenvalue weighted by Crippen LogP contribution is 2.41. The summed E-state index contributed by atoms with van der Waals surface area (Å²) in [6, 6.07) is 9.37. The number of anilines is 3. The Morgan fingerprint density at radius 3 is 2.83 bits per heavy atom. The molecule has 14 heteroatoms. The number of amides is 2. The fraction of sp³-hybridized carbons (Fsp3) is 0.385. The maximum Gasteiger partial charge on any atom is 0.416 e. The highest BCUT2D eigenvalue weighted by atomic mass is 19.4. The van der Waals surface area contributed by atoms with Gasteiger partial charge < -0.3 is 14.4 Å². The Morgan fingerprint density at radius 1 is 1.20 bits per heavy atom. The number of alkyl halides is 3. The summed E-state index contributed by atoms with van der Waals surface area (Å²) >= 11 is 0. The molecular formula is C26H26F3N7O4. The van der Waals surface area contributed by atoms with Crippen LogP contribution in [0.5, 0.6) is 6.01 Å². The minimum atomic E-state index is -4.48. The standard InChI is InChI=1S/C26H26F3N7O4/c1-25(2)39-15-35(40-25)14-38-23-30-10-8-21(32-23)33-24(37)36-18-9-11-34(13-18)20-7-6-19(31-22(20)36)16-4-3-5-17(12-16)26(27,28)29/h3-8,10,12,18H,9,11,13-15H2,1-2H3,(H,30,32,33,37). The van der Waals surface area contributed by atoms with Crippen LogP contribution in [0.4, 0.5) is 35.3 Å². The molecule has 210 valence electrons. The molecule has 5 heterocycles. The Hall–Kier alpha value is -4.01. The molecule has 40 heavy (non-hydrogen) atoms. The number of nitrogens with one attached hydrogen (secondary N) is 1. The van der Waals surface area contributed by atoms with Gasteiger partial charge in [0.2, 0.25) is 0 Å². The minimum Gasteiger partial charge on any atom is -0.445 e. The van der Waals surface area contributed by atoms with E-state index in [1.54, 1.807) is 36.9 Å². The van der Waals surface area contributed by atoms with Crippen molar-refractivity contribution in [3.05, 3.63) is 54.2 Å². The fourth-order valence-electron chi connectivity index (χ4n) is 4.92. The first-order chi connectivity index (χ1) is 19.1. The number of hydroxylamine groups is 2. The van der Waals surface area contributed by atoms with Crippen LogP contribution in [0.2, 0.25) is 0 Å². The van der Waals surface area contributed by atoms with Crippen LogP contribution in [0.3, 0.4) is 0 Å². The van der Waals surface area contributed by atoms with Crippen molar-refractivity contribution in [2.75, 3.05) is 41.7 Å². The first-order valence-electron chi connectivity index (χ1n) is 12.6. The lowest BCUT2D eigenvalue weighted by Crippen LogP contribution is -2.48. The van der Waals surface area contributed by atoms with Crippen LogP contribution in [-0.2, 0) is 15.8 Å². The molecule has 1 atom stereocenters. The normalized spacial score (nSPS) is 20.0. The van der Waals surface area contributed by atoms with E-state index in [-0.39, 0.29) is 31.3 Å². The summed E-state index contributed by atoms with van der Waals surface area (Å²) in [4.78, 5) is 35.8. The van der Waals surface area contributed by atoms with Gasteiger partial charge in [-0.25, -0.2) is 14.8 Å². The summed E-state index contributed by atoms with van der Waals surface area (Å²) < 4.78 is 51.0. The maximum atomic E-state index is 13.6. The molecule has 2 saturated heterocycles. The topological polar surface area (TPSA) is 105 Å². The van der Waals surface area contributed by atoms with E-state index >= 15 is 0 Å². The van der Waals surface area contributed by atoms with Gasteiger partial charge in [0.25, 0.3) is 0 Å². The second kappa shape index (κ2) is 9.87. The van der Waals surface area contributed by atoms with Crippen molar-refractivity contribution < 1.29 is 32.3 Å². The smallest absolute Gasteiger partial charge is 0.416 e. The molecule has 1 aromatic carbocycles. The van der Waals surface area contributed by atoms with Crippen molar-refractivity contribution in [2.24, 2.45) is 0 Å². The van der Waals surface area contributed by atoms with E-state index in [2.05, 4.69) is 25.2 Å². The zero-order chi connectivity index (χ0) is 28.1. The van der Waals surface area contributed by atoms with E-state index in [9.17, 15) is 18.0 Å². The first-order valence-corrected chi connectivity index (χ1v) is 12.6. The number of carbonyl (C=O) groups is 1. The fourth-order valence-corrected chi connectivity index (χ4v) is 4.92. The summed E-state index contributed by atoms with van der Waals surface area (Å²) in [5.41, 5.74) is 0.609. The molecule has 2 amide bonds. The molecule has 0 radical (unpaired) electrons. The number of fused-ring (bicyclic) bond motifs is 4. The summed E-state index contributed by atoms with van der Waals surface area (Å²) in [6.07, 6.45) is -2.31. The van der Waals surface area contributed by atoms with Crippen LogP contribution < -0.4 is 19.9 Å². The molecule has 2 fully saturated rings. The van der Waals surface area contributed by atoms with Gasteiger partial charge in [-0.15, -0.1) is 5.06 Å². The predicted octanol–water partition coefficient (Wildman–Crippen LogP) is 4.48. The number of hydrogen-bond donors (Lipinski definition) is 1. The highest BCUT2D eigenvalue weighted by Gasteiger charge is 2.40. The molecule has 0 spiro atoms. The van der Waals surface area contributed by atoms with Gasteiger partial charge in [0.1, 0.15) is 12.5 Å². The van der Waals surface area contributed by atoms with E-state index < -0.39 is 23.6 Å². The van der Waals surface area contributed by atoms with Crippen molar-refractivity contribution >= 4 is 23.4 Å². The molecule has 1 unspecified atom stereocenters. The number of ether oxygens (including phenoxy) is 2. The largest absolute Gasteiger partial charge is 0.445 e. The average Bonchev–Trinajstić information content (AvgIpc) is 3.50. The maximum absolute atomic E-state index is 13.6. The molecule has 1 N–H and O–H groups in total. The number of carbonyl (C=O) groups excluding carboxylic acids is 1. The molecule has 2 aromatic heterocycles. The summed E-state index contributed by atoms with van der Waals surface area (Å²) in [7, 11) is 0. The number of hydrogen-bond acceptors (Lipinski definition) is 9. The third kappa shape index (κ3) is 5.24. The van der Waals surface area contributed by atoms with E-state index in [4.69, 9.17) is 14.3 Å². The van der Waals surface area contributed by atoms with Crippen LogP contribution in [0, 0.1) is 0 Å². The SMILES string of the molecule is CC1(C)OCN(COc2nccc(NC(=O)N3c4nc(-c5cccc(C(F)(F)F)c5)ccc4N4CCC3C4)n2)O1. The predicted molar refractivity (Wildman–Crippen MR) is 137 cm³/mol. The van der Waals surface area contributed by atoms with E-state index in [1.165, 1.54) is 23.4 Å². The molecule has 2 bridgehead atoms. The third-order valence-electron chi connectivity index (χ3n) is 6.77.